The number of halogens is 3. The minimum absolute atomic E-state index is 0.172. The van der Waals surface area contributed by atoms with Crippen molar-refractivity contribution in [1.29, 1.82) is 0 Å². The summed E-state index contributed by atoms with van der Waals surface area (Å²) in [5.74, 6) is -1.45. The van der Waals surface area contributed by atoms with Gasteiger partial charge in [-0.15, -0.1) is 13.2 Å². The molecule has 0 bridgehead atoms. The van der Waals surface area contributed by atoms with Gasteiger partial charge < -0.3 is 14.6 Å². The fourth-order valence-corrected chi connectivity index (χ4v) is 1.84. The molecule has 0 saturated carbocycles. The Kier molecular flexibility index (Phi) is 4.78. The van der Waals surface area contributed by atoms with Crippen LogP contribution in [0.2, 0.25) is 0 Å². The first kappa shape index (κ1) is 16.7. The van der Waals surface area contributed by atoms with E-state index in [9.17, 15) is 18.0 Å². The van der Waals surface area contributed by atoms with Crippen molar-refractivity contribution in [1.82, 2.24) is 0 Å². The van der Waals surface area contributed by atoms with Crippen LogP contribution in [0.3, 0.4) is 0 Å². The number of rotatable bonds is 5. The third-order valence-electron chi connectivity index (χ3n) is 3.03. The molecule has 1 N–H and O–H groups in total. The van der Waals surface area contributed by atoms with Crippen LogP contribution in [0.25, 0.3) is 0 Å². The van der Waals surface area contributed by atoms with Gasteiger partial charge in [-0.3, -0.25) is 4.79 Å². The fourth-order valence-electron chi connectivity index (χ4n) is 1.84. The number of carboxylic acids is 1. The van der Waals surface area contributed by atoms with Gasteiger partial charge in [-0.1, -0.05) is 18.2 Å². The molecular weight excluding hydrogens is 313 g/mol. The Labute approximate surface area is 130 Å². The molecule has 0 radical (unpaired) electrons. The molecule has 0 heterocycles. The predicted molar refractivity (Wildman–Crippen MR) is 75.7 cm³/mol. The molecule has 122 valence electrons. The average molecular weight is 326 g/mol. The lowest BCUT2D eigenvalue weighted by atomic mass is 10.0. The van der Waals surface area contributed by atoms with Crippen LogP contribution in [0.5, 0.6) is 17.2 Å². The Morgan fingerprint density at radius 2 is 1.65 bits per heavy atom. The van der Waals surface area contributed by atoms with Crippen LogP contribution in [0.1, 0.15) is 18.4 Å². The average Bonchev–Trinajstić information content (AvgIpc) is 2.46. The van der Waals surface area contributed by atoms with Crippen molar-refractivity contribution < 1.29 is 32.5 Å². The Morgan fingerprint density at radius 3 is 2.22 bits per heavy atom. The van der Waals surface area contributed by atoms with E-state index in [1.54, 1.807) is 31.2 Å². The van der Waals surface area contributed by atoms with Gasteiger partial charge in [-0.05, 0) is 36.8 Å². The maximum Gasteiger partial charge on any atom is 0.573 e. The minimum atomic E-state index is -4.77. The summed E-state index contributed by atoms with van der Waals surface area (Å²) in [7, 11) is 0. The van der Waals surface area contributed by atoms with Gasteiger partial charge in [0.05, 0.1) is 5.92 Å². The van der Waals surface area contributed by atoms with Crippen LogP contribution >= 0.6 is 0 Å². The van der Waals surface area contributed by atoms with Crippen LogP contribution in [0.4, 0.5) is 13.2 Å². The van der Waals surface area contributed by atoms with Crippen molar-refractivity contribution >= 4 is 5.97 Å². The van der Waals surface area contributed by atoms with Crippen molar-refractivity contribution in [3.63, 3.8) is 0 Å². The minimum Gasteiger partial charge on any atom is -0.481 e. The number of hydrogen-bond donors (Lipinski definition) is 1. The second-order valence-electron chi connectivity index (χ2n) is 4.75. The van der Waals surface area contributed by atoms with Crippen LogP contribution < -0.4 is 9.47 Å². The lowest BCUT2D eigenvalue weighted by molar-refractivity contribution is -0.274. The summed E-state index contributed by atoms with van der Waals surface area (Å²) in [6.45, 7) is 1.55. The van der Waals surface area contributed by atoms with Gasteiger partial charge in [0.1, 0.15) is 17.2 Å². The zero-order chi connectivity index (χ0) is 17.0. The summed E-state index contributed by atoms with van der Waals surface area (Å²) in [6.07, 6.45) is -4.77. The number of benzene rings is 2. The molecule has 2 rings (SSSR count). The molecule has 0 saturated heterocycles. The summed E-state index contributed by atoms with van der Waals surface area (Å²) in [6, 6.07) is 11.4. The first-order chi connectivity index (χ1) is 10.7. The Morgan fingerprint density at radius 1 is 1.04 bits per heavy atom. The molecule has 0 aliphatic rings. The molecule has 1 unspecified atom stereocenters. The van der Waals surface area contributed by atoms with Gasteiger partial charge in [0.25, 0.3) is 0 Å². The van der Waals surface area contributed by atoms with Crippen molar-refractivity contribution in [2.24, 2.45) is 0 Å². The lowest BCUT2D eigenvalue weighted by Crippen LogP contribution is -2.17. The van der Waals surface area contributed by atoms with Gasteiger partial charge in [-0.25, -0.2) is 0 Å². The highest BCUT2D eigenvalue weighted by Crippen LogP contribution is 2.29. The van der Waals surface area contributed by atoms with Crippen LogP contribution in [0, 0.1) is 0 Å². The molecular formula is C16H13F3O4. The number of hydrogen-bond acceptors (Lipinski definition) is 3. The quantitative estimate of drug-likeness (QED) is 0.875. The number of alkyl halides is 3. The molecule has 0 fully saturated rings. The number of carboxylic acid groups (broad SMARTS) is 1. The lowest BCUT2D eigenvalue weighted by Gasteiger charge is -2.11. The third-order valence-corrected chi connectivity index (χ3v) is 3.03. The molecule has 23 heavy (non-hydrogen) atoms. The third kappa shape index (κ3) is 4.91. The highest BCUT2D eigenvalue weighted by atomic mass is 19.4. The molecule has 0 spiro atoms. The highest BCUT2D eigenvalue weighted by molar-refractivity contribution is 5.75. The second-order valence-corrected chi connectivity index (χ2v) is 4.75. The largest absolute Gasteiger partial charge is 0.573 e. The molecule has 2 aromatic rings. The SMILES string of the molecule is CC(C(=O)O)c1ccc(Oc2cccc(OC(F)(F)F)c2)cc1. The maximum absolute atomic E-state index is 12.2. The van der Waals surface area contributed by atoms with Gasteiger partial charge >= 0.3 is 12.3 Å². The Hall–Kier alpha value is -2.70. The molecule has 0 aliphatic carbocycles. The Balaban J connectivity index is 2.10. The van der Waals surface area contributed by atoms with Gasteiger partial charge in [-0.2, -0.15) is 0 Å². The molecule has 1 atom stereocenters. The van der Waals surface area contributed by atoms with E-state index in [0.717, 1.165) is 12.1 Å². The van der Waals surface area contributed by atoms with E-state index in [2.05, 4.69) is 4.74 Å². The molecule has 7 heteroatoms. The van der Waals surface area contributed by atoms with E-state index < -0.39 is 18.2 Å². The monoisotopic (exact) mass is 326 g/mol. The molecule has 0 amide bonds. The van der Waals surface area contributed by atoms with E-state index in [4.69, 9.17) is 9.84 Å². The standard InChI is InChI=1S/C16H13F3O4/c1-10(15(20)21)11-5-7-12(8-6-11)22-13-3-2-4-14(9-13)23-16(17,18)19/h2-10H,1H3,(H,20,21). The van der Waals surface area contributed by atoms with Gasteiger partial charge in [0, 0.05) is 6.07 Å². The van der Waals surface area contributed by atoms with E-state index in [-0.39, 0.29) is 11.5 Å². The molecule has 2 aromatic carbocycles. The first-order valence-corrected chi connectivity index (χ1v) is 6.61. The summed E-state index contributed by atoms with van der Waals surface area (Å²) in [5.41, 5.74) is 0.596. The topological polar surface area (TPSA) is 55.8 Å². The summed E-state index contributed by atoms with van der Waals surface area (Å²) < 4.78 is 45.8. The van der Waals surface area contributed by atoms with E-state index >= 15 is 0 Å². The van der Waals surface area contributed by atoms with E-state index in [1.807, 2.05) is 0 Å². The second kappa shape index (κ2) is 6.60. The van der Waals surface area contributed by atoms with Crippen molar-refractivity contribution in [2.75, 3.05) is 0 Å². The molecule has 0 aromatic heterocycles. The van der Waals surface area contributed by atoms with Crippen molar-refractivity contribution in [3.05, 3.63) is 54.1 Å². The van der Waals surface area contributed by atoms with E-state index in [1.165, 1.54) is 12.1 Å². The smallest absolute Gasteiger partial charge is 0.481 e. The number of aliphatic carboxylic acids is 1. The predicted octanol–water partition coefficient (Wildman–Crippen LogP) is 4.57. The molecule has 4 nitrogen and oxygen atoms in total. The maximum atomic E-state index is 12.2. The Bertz CT molecular complexity index is 680. The highest BCUT2D eigenvalue weighted by Gasteiger charge is 2.31. The molecule has 0 aliphatic heterocycles. The number of ether oxygens (including phenoxy) is 2. The summed E-state index contributed by atoms with van der Waals surface area (Å²) >= 11 is 0. The van der Waals surface area contributed by atoms with Crippen molar-refractivity contribution in [2.45, 2.75) is 19.2 Å². The van der Waals surface area contributed by atoms with Crippen LogP contribution in [0.15, 0.2) is 48.5 Å². The van der Waals surface area contributed by atoms with Crippen LogP contribution in [-0.4, -0.2) is 17.4 Å². The van der Waals surface area contributed by atoms with Crippen molar-refractivity contribution in [3.8, 4) is 17.2 Å². The normalized spacial score (nSPS) is 12.5. The first-order valence-electron chi connectivity index (χ1n) is 6.61. The van der Waals surface area contributed by atoms with E-state index in [0.29, 0.717) is 11.3 Å². The zero-order valence-electron chi connectivity index (χ0n) is 12.0. The van der Waals surface area contributed by atoms with Gasteiger partial charge in [0.2, 0.25) is 0 Å². The van der Waals surface area contributed by atoms with Gasteiger partial charge in [0.15, 0.2) is 0 Å². The number of carbonyl (C=O) groups is 1. The zero-order valence-corrected chi connectivity index (χ0v) is 12.0. The summed E-state index contributed by atoms with van der Waals surface area (Å²) in [5, 5.41) is 8.93. The fraction of sp³-hybridized carbons (Fsp3) is 0.188. The summed E-state index contributed by atoms with van der Waals surface area (Å²) in [4.78, 5) is 10.9. The van der Waals surface area contributed by atoms with Crippen LogP contribution in [-0.2, 0) is 4.79 Å².